The normalized spacial score (nSPS) is 20.5. The van der Waals surface area contributed by atoms with Crippen LogP contribution < -0.4 is 5.32 Å². The Morgan fingerprint density at radius 2 is 1.87 bits per heavy atom. The highest BCUT2D eigenvalue weighted by atomic mass is 19.4. The van der Waals surface area contributed by atoms with E-state index < -0.39 is 11.7 Å². The van der Waals surface area contributed by atoms with Crippen molar-refractivity contribution in [3.05, 3.63) is 65.2 Å². The molecule has 1 aliphatic rings. The number of hydrogen-bond acceptors (Lipinski definition) is 2. The molecule has 2 N–H and O–H groups in total. The first-order chi connectivity index (χ1) is 10.9. The number of hydrogen-bond donors (Lipinski definition) is 2. The van der Waals surface area contributed by atoms with Crippen molar-refractivity contribution in [2.24, 2.45) is 0 Å². The van der Waals surface area contributed by atoms with Gasteiger partial charge < -0.3 is 10.4 Å². The minimum absolute atomic E-state index is 0.140. The monoisotopic (exact) mass is 321 g/mol. The number of nitrogens with one attached hydrogen (secondary N) is 1. The van der Waals surface area contributed by atoms with Crippen molar-refractivity contribution in [2.75, 3.05) is 6.54 Å². The highest BCUT2D eigenvalue weighted by Crippen LogP contribution is 2.42. The second-order valence-electron chi connectivity index (χ2n) is 5.90. The molecule has 2 aromatic carbocycles. The van der Waals surface area contributed by atoms with Gasteiger partial charge in [-0.25, -0.2) is 0 Å². The average molecular weight is 321 g/mol. The summed E-state index contributed by atoms with van der Waals surface area (Å²) in [6, 6.07) is 13.0. The molecular weight excluding hydrogens is 303 g/mol. The molecule has 1 saturated carbocycles. The predicted molar refractivity (Wildman–Crippen MR) is 82.4 cm³/mol. The highest BCUT2D eigenvalue weighted by Gasteiger charge is 2.39. The maximum absolute atomic E-state index is 12.7. The molecule has 1 unspecified atom stereocenters. The van der Waals surface area contributed by atoms with E-state index in [9.17, 15) is 18.3 Å². The Labute approximate surface area is 133 Å². The van der Waals surface area contributed by atoms with Crippen molar-refractivity contribution in [1.82, 2.24) is 5.32 Å². The Morgan fingerprint density at radius 3 is 2.61 bits per heavy atom. The van der Waals surface area contributed by atoms with E-state index in [4.69, 9.17) is 0 Å². The summed E-state index contributed by atoms with van der Waals surface area (Å²) in [5.74, 6) is 0.418. The second-order valence-corrected chi connectivity index (χ2v) is 5.90. The Hall–Kier alpha value is -2.01. The number of phenolic OH excluding ortho intramolecular Hbond substituents is 1. The smallest absolute Gasteiger partial charge is 0.416 e. The van der Waals surface area contributed by atoms with Crippen molar-refractivity contribution in [3.8, 4) is 5.75 Å². The SMILES string of the molecule is Oc1ccccc1CCN[C@@H]1CC1c1cccc(C(F)(F)F)c1. The van der Waals surface area contributed by atoms with E-state index in [-0.39, 0.29) is 17.7 Å². The first-order valence-corrected chi connectivity index (χ1v) is 7.62. The molecule has 0 amide bonds. The first kappa shape index (κ1) is 15.9. The van der Waals surface area contributed by atoms with E-state index in [0.717, 1.165) is 23.6 Å². The first-order valence-electron chi connectivity index (χ1n) is 7.62. The van der Waals surface area contributed by atoms with Gasteiger partial charge in [-0.15, -0.1) is 0 Å². The number of para-hydroxylation sites is 1. The number of alkyl halides is 3. The molecule has 23 heavy (non-hydrogen) atoms. The van der Waals surface area contributed by atoms with E-state index in [1.54, 1.807) is 18.2 Å². The lowest BCUT2D eigenvalue weighted by molar-refractivity contribution is -0.137. The van der Waals surface area contributed by atoms with Crippen LogP contribution in [0.4, 0.5) is 13.2 Å². The van der Waals surface area contributed by atoms with Gasteiger partial charge in [-0.1, -0.05) is 36.4 Å². The van der Waals surface area contributed by atoms with Crippen molar-refractivity contribution >= 4 is 0 Å². The predicted octanol–water partition coefficient (Wildman–Crippen LogP) is 4.10. The molecule has 0 saturated heterocycles. The van der Waals surface area contributed by atoms with Crippen LogP contribution in [0.25, 0.3) is 0 Å². The molecule has 0 bridgehead atoms. The van der Waals surface area contributed by atoms with Gasteiger partial charge in [0.1, 0.15) is 5.75 Å². The number of halogens is 3. The van der Waals surface area contributed by atoms with Gasteiger partial charge in [0.05, 0.1) is 5.56 Å². The molecule has 5 heteroatoms. The quantitative estimate of drug-likeness (QED) is 0.869. The van der Waals surface area contributed by atoms with Crippen LogP contribution in [0.15, 0.2) is 48.5 Å². The maximum atomic E-state index is 12.7. The van der Waals surface area contributed by atoms with E-state index in [2.05, 4.69) is 5.32 Å². The molecule has 1 fully saturated rings. The second kappa shape index (κ2) is 6.24. The molecule has 0 aliphatic heterocycles. The molecule has 1 aliphatic carbocycles. The lowest BCUT2D eigenvalue weighted by Gasteiger charge is -2.09. The van der Waals surface area contributed by atoms with Crippen molar-refractivity contribution in [1.29, 1.82) is 0 Å². The van der Waals surface area contributed by atoms with Gasteiger partial charge in [-0.3, -0.25) is 0 Å². The molecule has 0 aromatic heterocycles. The lowest BCUT2D eigenvalue weighted by atomic mass is 10.1. The fourth-order valence-electron chi connectivity index (χ4n) is 2.85. The molecule has 122 valence electrons. The summed E-state index contributed by atoms with van der Waals surface area (Å²) in [6.07, 6.45) is -2.75. The van der Waals surface area contributed by atoms with Gasteiger partial charge in [-0.05, 0) is 42.6 Å². The average Bonchev–Trinajstić information content (AvgIpc) is 3.28. The third-order valence-corrected chi connectivity index (χ3v) is 4.23. The minimum Gasteiger partial charge on any atom is -0.508 e. The Morgan fingerprint density at radius 1 is 1.09 bits per heavy atom. The van der Waals surface area contributed by atoms with Gasteiger partial charge >= 0.3 is 6.18 Å². The molecule has 3 rings (SSSR count). The van der Waals surface area contributed by atoms with Crippen LogP contribution in [-0.4, -0.2) is 17.7 Å². The number of benzene rings is 2. The summed E-state index contributed by atoms with van der Waals surface area (Å²) in [5, 5.41) is 13.0. The minimum atomic E-state index is -4.29. The molecule has 2 atom stereocenters. The summed E-state index contributed by atoms with van der Waals surface area (Å²) in [5.41, 5.74) is 1.02. The summed E-state index contributed by atoms with van der Waals surface area (Å²) in [6.45, 7) is 0.692. The Balaban J connectivity index is 1.53. The van der Waals surface area contributed by atoms with Gasteiger partial charge in [0.2, 0.25) is 0 Å². The van der Waals surface area contributed by atoms with Crippen LogP contribution >= 0.6 is 0 Å². The van der Waals surface area contributed by atoms with Gasteiger partial charge in [0, 0.05) is 12.0 Å². The molecule has 0 radical (unpaired) electrons. The fraction of sp³-hybridized carbons (Fsp3) is 0.333. The van der Waals surface area contributed by atoms with Gasteiger partial charge in [0.25, 0.3) is 0 Å². The number of rotatable bonds is 5. The fourth-order valence-corrected chi connectivity index (χ4v) is 2.85. The third-order valence-electron chi connectivity index (χ3n) is 4.23. The zero-order valence-corrected chi connectivity index (χ0v) is 12.5. The van der Waals surface area contributed by atoms with E-state index in [0.29, 0.717) is 13.0 Å². The van der Waals surface area contributed by atoms with E-state index in [1.807, 2.05) is 12.1 Å². The summed E-state index contributed by atoms with van der Waals surface area (Å²) < 4.78 is 38.2. The molecule has 0 heterocycles. The van der Waals surface area contributed by atoms with Crippen LogP contribution in [0.3, 0.4) is 0 Å². The van der Waals surface area contributed by atoms with Crippen LogP contribution in [0.5, 0.6) is 5.75 Å². The number of phenols is 1. The summed E-state index contributed by atoms with van der Waals surface area (Å²) >= 11 is 0. The Kier molecular flexibility index (Phi) is 4.31. The Bertz CT molecular complexity index is 684. The third kappa shape index (κ3) is 3.85. The molecule has 2 aromatic rings. The standard InChI is InChI=1S/C18H18F3NO/c19-18(20,21)14-6-3-5-13(10-14)15-11-16(15)22-9-8-12-4-1-2-7-17(12)23/h1-7,10,15-16,22-23H,8-9,11H2/t15?,16-/m1/s1. The summed E-state index contributed by atoms with van der Waals surface area (Å²) in [7, 11) is 0. The van der Waals surface area contributed by atoms with Crippen LogP contribution in [0.1, 0.15) is 29.0 Å². The van der Waals surface area contributed by atoms with Crippen molar-refractivity contribution in [3.63, 3.8) is 0 Å². The molecule has 0 spiro atoms. The lowest BCUT2D eigenvalue weighted by Crippen LogP contribution is -2.21. The van der Waals surface area contributed by atoms with Crippen molar-refractivity contribution < 1.29 is 18.3 Å². The highest BCUT2D eigenvalue weighted by molar-refractivity contribution is 5.34. The number of aromatic hydroxyl groups is 1. The van der Waals surface area contributed by atoms with Crippen LogP contribution in [0, 0.1) is 0 Å². The summed E-state index contributed by atoms with van der Waals surface area (Å²) in [4.78, 5) is 0. The zero-order chi connectivity index (χ0) is 16.4. The van der Waals surface area contributed by atoms with E-state index in [1.165, 1.54) is 12.1 Å². The maximum Gasteiger partial charge on any atom is 0.416 e. The largest absolute Gasteiger partial charge is 0.508 e. The van der Waals surface area contributed by atoms with Gasteiger partial charge in [-0.2, -0.15) is 13.2 Å². The van der Waals surface area contributed by atoms with Crippen molar-refractivity contribution in [2.45, 2.75) is 31.0 Å². The van der Waals surface area contributed by atoms with Crippen LogP contribution in [0.2, 0.25) is 0 Å². The van der Waals surface area contributed by atoms with Gasteiger partial charge in [0.15, 0.2) is 0 Å². The molecular formula is C18H18F3NO. The zero-order valence-electron chi connectivity index (χ0n) is 12.5. The van der Waals surface area contributed by atoms with E-state index >= 15 is 0 Å². The van der Waals surface area contributed by atoms with Crippen LogP contribution in [-0.2, 0) is 12.6 Å². The topological polar surface area (TPSA) is 32.3 Å². The molecule has 2 nitrogen and oxygen atoms in total.